The van der Waals surface area contributed by atoms with Gasteiger partial charge < -0.3 is 15.1 Å². The molecule has 166 valence electrons. The Morgan fingerprint density at radius 1 is 1.06 bits per heavy atom. The number of nitrogens with one attached hydrogen (secondary N) is 1. The van der Waals surface area contributed by atoms with Crippen LogP contribution in [0.2, 0.25) is 0 Å². The van der Waals surface area contributed by atoms with Crippen LogP contribution in [0.25, 0.3) is 0 Å². The summed E-state index contributed by atoms with van der Waals surface area (Å²) in [6, 6.07) is 15.7. The minimum Gasteiger partial charge on any atom is -0.377 e. The Morgan fingerprint density at radius 2 is 1.81 bits per heavy atom. The molecule has 0 aliphatic heterocycles. The molecule has 4 rings (SSSR count). The van der Waals surface area contributed by atoms with Crippen LogP contribution in [0.5, 0.6) is 0 Å². The smallest absolute Gasteiger partial charge is 0.265 e. The molecule has 1 saturated carbocycles. The molecule has 32 heavy (non-hydrogen) atoms. The van der Waals surface area contributed by atoms with Gasteiger partial charge in [-0.25, -0.2) is 4.39 Å². The molecule has 0 spiro atoms. The molecular formula is C25H26FN3O2S. The first-order valence-corrected chi connectivity index (χ1v) is 11.5. The molecular weight excluding hydrogens is 425 g/mol. The van der Waals surface area contributed by atoms with E-state index >= 15 is 0 Å². The molecule has 0 bridgehead atoms. The highest BCUT2D eigenvalue weighted by Gasteiger charge is 2.33. The summed E-state index contributed by atoms with van der Waals surface area (Å²) in [5.41, 5.74) is 3.49. The molecule has 1 aliphatic carbocycles. The van der Waals surface area contributed by atoms with Gasteiger partial charge in [0, 0.05) is 44.5 Å². The first-order chi connectivity index (χ1) is 15.4. The van der Waals surface area contributed by atoms with Gasteiger partial charge >= 0.3 is 0 Å². The van der Waals surface area contributed by atoms with E-state index in [4.69, 9.17) is 0 Å². The maximum absolute atomic E-state index is 13.3. The molecule has 0 atom stereocenters. The van der Waals surface area contributed by atoms with Crippen molar-refractivity contribution >= 4 is 34.5 Å². The van der Waals surface area contributed by atoms with Crippen LogP contribution in [0, 0.1) is 11.7 Å². The first-order valence-electron chi connectivity index (χ1n) is 10.6. The van der Waals surface area contributed by atoms with E-state index in [1.54, 1.807) is 18.2 Å². The molecule has 0 radical (unpaired) electrons. The molecule has 1 heterocycles. The number of nitrogens with zero attached hydrogens (tertiary/aromatic N) is 2. The number of amides is 2. The molecule has 0 saturated heterocycles. The molecule has 2 amide bonds. The molecule has 1 aliphatic rings. The number of halogens is 1. The largest absolute Gasteiger partial charge is 0.377 e. The van der Waals surface area contributed by atoms with Crippen LogP contribution in [0.3, 0.4) is 0 Å². The van der Waals surface area contributed by atoms with E-state index in [0.29, 0.717) is 23.7 Å². The van der Waals surface area contributed by atoms with E-state index < -0.39 is 0 Å². The molecule has 7 heteroatoms. The Kier molecular flexibility index (Phi) is 6.55. The van der Waals surface area contributed by atoms with Crippen LogP contribution in [0.4, 0.5) is 15.8 Å². The SMILES string of the molecule is CN(C)c1ccc(NC(=O)c2cccs2)cc1CN(Cc1ccc(F)cc1)C(=O)C1CC1. The van der Waals surface area contributed by atoms with Crippen LogP contribution in [0.1, 0.15) is 33.6 Å². The fourth-order valence-electron chi connectivity index (χ4n) is 3.64. The lowest BCUT2D eigenvalue weighted by molar-refractivity contribution is -0.133. The number of hydrogen-bond donors (Lipinski definition) is 1. The van der Waals surface area contributed by atoms with Crippen molar-refractivity contribution in [1.82, 2.24) is 4.90 Å². The minimum absolute atomic E-state index is 0.0694. The van der Waals surface area contributed by atoms with Gasteiger partial charge in [0.25, 0.3) is 5.91 Å². The lowest BCUT2D eigenvalue weighted by atomic mass is 10.1. The van der Waals surface area contributed by atoms with E-state index in [-0.39, 0.29) is 23.5 Å². The Labute approximate surface area is 191 Å². The molecule has 3 aromatic rings. The predicted molar refractivity (Wildman–Crippen MR) is 126 cm³/mol. The summed E-state index contributed by atoms with van der Waals surface area (Å²) >= 11 is 1.39. The third-order valence-electron chi connectivity index (χ3n) is 5.45. The number of hydrogen-bond acceptors (Lipinski definition) is 4. The second-order valence-corrected chi connectivity index (χ2v) is 9.21. The topological polar surface area (TPSA) is 52.7 Å². The number of benzene rings is 2. The van der Waals surface area contributed by atoms with Crippen molar-refractivity contribution in [2.75, 3.05) is 24.3 Å². The summed E-state index contributed by atoms with van der Waals surface area (Å²) in [6.45, 7) is 0.817. The molecule has 0 unspecified atom stereocenters. The van der Waals surface area contributed by atoms with Crippen molar-refractivity contribution in [3.8, 4) is 0 Å². The second kappa shape index (κ2) is 9.53. The van der Waals surface area contributed by atoms with Crippen molar-refractivity contribution in [1.29, 1.82) is 0 Å². The van der Waals surface area contributed by atoms with Gasteiger partial charge in [-0.15, -0.1) is 11.3 Å². The van der Waals surface area contributed by atoms with E-state index in [9.17, 15) is 14.0 Å². The minimum atomic E-state index is -0.294. The van der Waals surface area contributed by atoms with Gasteiger partial charge in [-0.1, -0.05) is 18.2 Å². The van der Waals surface area contributed by atoms with E-state index in [0.717, 1.165) is 29.7 Å². The number of carbonyl (C=O) groups excluding carboxylic acids is 2. The average molecular weight is 452 g/mol. The van der Waals surface area contributed by atoms with Crippen molar-refractivity contribution < 1.29 is 14.0 Å². The number of anilines is 2. The number of carbonyl (C=O) groups is 2. The zero-order valence-corrected chi connectivity index (χ0v) is 19.0. The predicted octanol–water partition coefficient (Wildman–Crippen LogP) is 5.14. The normalized spacial score (nSPS) is 13.0. The van der Waals surface area contributed by atoms with Crippen molar-refractivity contribution in [2.24, 2.45) is 5.92 Å². The fraction of sp³-hybridized carbons (Fsp3) is 0.280. The highest BCUT2D eigenvalue weighted by Crippen LogP contribution is 2.33. The van der Waals surface area contributed by atoms with Crippen molar-refractivity contribution in [3.05, 3.63) is 81.8 Å². The van der Waals surface area contributed by atoms with E-state index in [1.165, 1.54) is 23.5 Å². The molecule has 2 aromatic carbocycles. The maximum atomic E-state index is 13.3. The van der Waals surface area contributed by atoms with Crippen molar-refractivity contribution in [3.63, 3.8) is 0 Å². The zero-order valence-electron chi connectivity index (χ0n) is 18.2. The second-order valence-electron chi connectivity index (χ2n) is 8.26. The third-order valence-corrected chi connectivity index (χ3v) is 6.32. The fourth-order valence-corrected chi connectivity index (χ4v) is 4.26. The van der Waals surface area contributed by atoms with Crippen LogP contribution in [-0.4, -0.2) is 30.8 Å². The lowest BCUT2D eigenvalue weighted by Crippen LogP contribution is -2.32. The monoisotopic (exact) mass is 451 g/mol. The third kappa shape index (κ3) is 5.34. The Bertz CT molecular complexity index is 1090. The summed E-state index contributed by atoms with van der Waals surface area (Å²) in [5.74, 6) is -0.259. The van der Waals surface area contributed by atoms with E-state index in [1.807, 2.05) is 53.5 Å². The Morgan fingerprint density at radius 3 is 2.44 bits per heavy atom. The van der Waals surface area contributed by atoms with Gasteiger partial charge in [-0.2, -0.15) is 0 Å². The van der Waals surface area contributed by atoms with Gasteiger partial charge in [0.2, 0.25) is 5.91 Å². The summed E-state index contributed by atoms with van der Waals surface area (Å²) in [5, 5.41) is 4.82. The summed E-state index contributed by atoms with van der Waals surface area (Å²) in [7, 11) is 3.91. The van der Waals surface area contributed by atoms with Gasteiger partial charge in [0.15, 0.2) is 0 Å². The first kappa shape index (κ1) is 22.0. The summed E-state index contributed by atoms with van der Waals surface area (Å²) < 4.78 is 13.3. The Hall–Kier alpha value is -3.19. The zero-order chi connectivity index (χ0) is 22.7. The maximum Gasteiger partial charge on any atom is 0.265 e. The van der Waals surface area contributed by atoms with E-state index in [2.05, 4.69) is 5.32 Å². The van der Waals surface area contributed by atoms with Crippen LogP contribution < -0.4 is 10.2 Å². The lowest BCUT2D eigenvalue weighted by Gasteiger charge is -2.26. The van der Waals surface area contributed by atoms with Gasteiger partial charge in [-0.05, 0) is 65.7 Å². The van der Waals surface area contributed by atoms with Gasteiger partial charge in [-0.3, -0.25) is 9.59 Å². The molecule has 5 nitrogen and oxygen atoms in total. The average Bonchev–Trinajstić information content (AvgIpc) is 3.47. The number of thiophene rings is 1. The standard InChI is InChI=1S/C25H26FN3O2S/c1-28(2)22-12-11-21(27-24(30)23-4-3-13-32-23)14-19(22)16-29(25(31)18-7-8-18)15-17-5-9-20(26)10-6-17/h3-6,9-14,18H,7-8,15-16H2,1-2H3,(H,27,30). The quantitative estimate of drug-likeness (QED) is 0.516. The molecule has 1 fully saturated rings. The van der Waals surface area contributed by atoms with Crippen LogP contribution in [0.15, 0.2) is 60.0 Å². The van der Waals surface area contributed by atoms with Gasteiger partial charge in [0.1, 0.15) is 5.82 Å². The van der Waals surface area contributed by atoms with Crippen LogP contribution >= 0.6 is 11.3 Å². The molecule has 1 aromatic heterocycles. The molecule has 1 N–H and O–H groups in total. The van der Waals surface area contributed by atoms with Crippen molar-refractivity contribution in [2.45, 2.75) is 25.9 Å². The Balaban J connectivity index is 1.59. The van der Waals surface area contributed by atoms with Crippen LogP contribution in [-0.2, 0) is 17.9 Å². The summed E-state index contributed by atoms with van der Waals surface area (Å²) in [6.07, 6.45) is 1.83. The number of rotatable bonds is 8. The highest BCUT2D eigenvalue weighted by atomic mass is 32.1. The summed E-state index contributed by atoms with van der Waals surface area (Å²) in [4.78, 5) is 30.0. The van der Waals surface area contributed by atoms with Gasteiger partial charge in [0.05, 0.1) is 4.88 Å². The highest BCUT2D eigenvalue weighted by molar-refractivity contribution is 7.12.